The molecule has 0 aromatic heterocycles. The molecule has 0 radical (unpaired) electrons. The van der Waals surface area contributed by atoms with Gasteiger partial charge in [-0.2, -0.15) is 0 Å². The van der Waals surface area contributed by atoms with Gasteiger partial charge >= 0.3 is 0 Å². The topological polar surface area (TPSA) is 109 Å². The minimum absolute atomic E-state index is 0.612. The van der Waals surface area contributed by atoms with E-state index in [1.54, 1.807) is 0 Å². The molecule has 0 bridgehead atoms. The number of hydrogen-bond donors (Lipinski definition) is 3. The summed E-state index contributed by atoms with van der Waals surface area (Å²) in [6.45, 7) is 5.97. The molecule has 6 aromatic rings. The lowest BCUT2D eigenvalue weighted by Crippen LogP contribution is -2.13. The van der Waals surface area contributed by atoms with Crippen LogP contribution in [0.25, 0.3) is 0 Å². The maximum absolute atomic E-state index is 6.59. The van der Waals surface area contributed by atoms with Crippen LogP contribution < -0.4 is 36.3 Å². The average molecular weight is 609 g/mol. The molecular weight excluding hydrogens is 572 g/mol. The number of aryl methyl sites for hydroxylation is 3. The van der Waals surface area contributed by atoms with Gasteiger partial charge in [-0.25, -0.2) is 0 Å². The standard InChI is InChI=1S/C39H36N4O3/c1-25-16-19-28(40)22-37(25)44-34-13-7-4-10-31(34)43(32-11-5-8-14-35(32)45-38-23-29(41)20-17-26(38)2)33-12-6-9-15-36(33)46-39-24-30(42)21-18-27(39)3/h4-24H,40-42H2,1-3H3. The van der Waals surface area contributed by atoms with Gasteiger partial charge in [0, 0.05) is 35.3 Å². The Morgan fingerprint density at radius 2 is 0.652 bits per heavy atom. The lowest BCUT2D eigenvalue weighted by atomic mass is 10.1. The summed E-state index contributed by atoms with van der Waals surface area (Å²) in [6.07, 6.45) is 0. The van der Waals surface area contributed by atoms with Crippen LogP contribution in [0.2, 0.25) is 0 Å². The second-order valence-electron chi connectivity index (χ2n) is 11.1. The van der Waals surface area contributed by atoms with E-state index in [0.29, 0.717) is 51.6 Å². The Labute approximate surface area is 269 Å². The Balaban J connectivity index is 1.55. The predicted molar refractivity (Wildman–Crippen MR) is 188 cm³/mol. The molecule has 6 aromatic carbocycles. The van der Waals surface area contributed by atoms with Gasteiger partial charge < -0.3 is 31.4 Å². The van der Waals surface area contributed by atoms with Crippen LogP contribution in [0.4, 0.5) is 34.1 Å². The normalized spacial score (nSPS) is 10.8. The van der Waals surface area contributed by atoms with Crippen molar-refractivity contribution >= 4 is 34.1 Å². The van der Waals surface area contributed by atoms with Gasteiger partial charge in [-0.15, -0.1) is 0 Å². The number of anilines is 6. The number of nitrogen functional groups attached to an aromatic ring is 3. The molecule has 0 heterocycles. The van der Waals surface area contributed by atoms with Gasteiger partial charge in [0.15, 0.2) is 17.2 Å². The van der Waals surface area contributed by atoms with Crippen LogP contribution in [0, 0.1) is 20.8 Å². The number of benzene rings is 6. The number of para-hydroxylation sites is 6. The molecule has 0 aliphatic rings. The summed E-state index contributed by atoms with van der Waals surface area (Å²) >= 11 is 0. The number of ether oxygens (including phenoxy) is 3. The van der Waals surface area contributed by atoms with E-state index in [0.717, 1.165) is 33.8 Å². The third-order valence-electron chi connectivity index (χ3n) is 7.61. The highest BCUT2D eigenvalue weighted by molar-refractivity contribution is 5.86. The molecule has 6 N–H and O–H groups in total. The van der Waals surface area contributed by atoms with E-state index in [4.69, 9.17) is 31.4 Å². The first-order chi connectivity index (χ1) is 22.3. The molecule has 0 spiro atoms. The molecule has 0 saturated carbocycles. The van der Waals surface area contributed by atoms with E-state index >= 15 is 0 Å². The molecule has 7 nitrogen and oxygen atoms in total. The summed E-state index contributed by atoms with van der Waals surface area (Å²) in [5.74, 6) is 3.81. The summed E-state index contributed by atoms with van der Waals surface area (Å²) in [5.41, 5.74) is 25.4. The summed E-state index contributed by atoms with van der Waals surface area (Å²) in [7, 11) is 0. The lowest BCUT2D eigenvalue weighted by molar-refractivity contribution is 0.473. The number of rotatable bonds is 9. The van der Waals surface area contributed by atoms with Crippen molar-refractivity contribution in [3.05, 3.63) is 144 Å². The monoisotopic (exact) mass is 608 g/mol. The van der Waals surface area contributed by atoms with Crippen molar-refractivity contribution in [3.63, 3.8) is 0 Å². The van der Waals surface area contributed by atoms with Crippen LogP contribution in [-0.2, 0) is 0 Å². The van der Waals surface area contributed by atoms with Crippen molar-refractivity contribution in [2.75, 3.05) is 22.1 Å². The van der Waals surface area contributed by atoms with Crippen LogP contribution in [0.15, 0.2) is 127 Å². The smallest absolute Gasteiger partial charge is 0.151 e. The second kappa shape index (κ2) is 12.9. The predicted octanol–water partition coefficient (Wildman–Crippen LogP) is 10.2. The Morgan fingerprint density at radius 1 is 0.370 bits per heavy atom. The van der Waals surface area contributed by atoms with Crippen LogP contribution in [-0.4, -0.2) is 0 Å². The molecular formula is C39H36N4O3. The van der Waals surface area contributed by atoms with Gasteiger partial charge in [-0.3, -0.25) is 4.90 Å². The summed E-state index contributed by atoms with van der Waals surface area (Å²) in [4.78, 5) is 2.07. The minimum atomic E-state index is 0.612. The van der Waals surface area contributed by atoms with Gasteiger partial charge in [0.05, 0.1) is 17.1 Å². The van der Waals surface area contributed by atoms with Crippen LogP contribution in [0.1, 0.15) is 16.7 Å². The number of nitrogens with two attached hydrogens (primary N) is 3. The van der Waals surface area contributed by atoms with Crippen molar-refractivity contribution in [1.29, 1.82) is 0 Å². The van der Waals surface area contributed by atoms with Crippen LogP contribution >= 0.6 is 0 Å². The number of nitrogens with zero attached hydrogens (tertiary/aromatic N) is 1. The molecule has 0 saturated heterocycles. The molecule has 46 heavy (non-hydrogen) atoms. The van der Waals surface area contributed by atoms with Gasteiger partial charge in [0.1, 0.15) is 17.2 Å². The maximum atomic E-state index is 6.59. The van der Waals surface area contributed by atoms with E-state index in [-0.39, 0.29) is 0 Å². The van der Waals surface area contributed by atoms with Gasteiger partial charge in [-0.1, -0.05) is 54.6 Å². The second-order valence-corrected chi connectivity index (χ2v) is 11.1. The van der Waals surface area contributed by atoms with Crippen LogP contribution in [0.3, 0.4) is 0 Å². The molecule has 0 aliphatic carbocycles. The van der Waals surface area contributed by atoms with E-state index in [1.807, 2.05) is 148 Å². The molecule has 7 heteroatoms. The Kier molecular flexibility index (Phi) is 8.39. The first-order valence-corrected chi connectivity index (χ1v) is 15.0. The maximum Gasteiger partial charge on any atom is 0.151 e. The molecule has 0 aliphatic heterocycles. The fraction of sp³-hybridized carbons (Fsp3) is 0.0769. The minimum Gasteiger partial charge on any atom is -0.455 e. The Bertz CT molecular complexity index is 1790. The Morgan fingerprint density at radius 3 is 0.957 bits per heavy atom. The molecule has 0 atom stereocenters. The SMILES string of the molecule is Cc1ccc(N)cc1Oc1ccccc1N(c1ccccc1Oc1cc(N)ccc1C)c1ccccc1Oc1cc(N)ccc1C. The van der Waals surface area contributed by atoms with Crippen molar-refractivity contribution in [2.45, 2.75) is 20.8 Å². The van der Waals surface area contributed by atoms with Gasteiger partial charge in [0.25, 0.3) is 0 Å². The summed E-state index contributed by atoms with van der Waals surface area (Å²) in [5, 5.41) is 0. The third kappa shape index (κ3) is 6.39. The highest BCUT2D eigenvalue weighted by Gasteiger charge is 2.25. The van der Waals surface area contributed by atoms with Crippen molar-refractivity contribution in [3.8, 4) is 34.5 Å². The zero-order valence-electron chi connectivity index (χ0n) is 26.0. The largest absolute Gasteiger partial charge is 0.455 e. The van der Waals surface area contributed by atoms with Crippen molar-refractivity contribution in [2.24, 2.45) is 0 Å². The highest BCUT2D eigenvalue weighted by Crippen LogP contribution is 2.49. The molecule has 230 valence electrons. The average Bonchev–Trinajstić information content (AvgIpc) is 3.05. The zero-order chi connectivity index (χ0) is 32.2. The third-order valence-corrected chi connectivity index (χ3v) is 7.61. The van der Waals surface area contributed by atoms with Crippen molar-refractivity contribution in [1.82, 2.24) is 0 Å². The quantitative estimate of drug-likeness (QED) is 0.140. The Hall–Kier alpha value is -6.08. The van der Waals surface area contributed by atoms with E-state index in [1.165, 1.54) is 0 Å². The van der Waals surface area contributed by atoms with Crippen LogP contribution in [0.5, 0.6) is 34.5 Å². The number of hydrogen-bond acceptors (Lipinski definition) is 7. The summed E-state index contributed by atoms with van der Waals surface area (Å²) in [6, 6.07) is 40.4. The van der Waals surface area contributed by atoms with Gasteiger partial charge in [-0.05, 0) is 92.1 Å². The van der Waals surface area contributed by atoms with Gasteiger partial charge in [0.2, 0.25) is 0 Å². The fourth-order valence-electron chi connectivity index (χ4n) is 5.11. The van der Waals surface area contributed by atoms with E-state index in [2.05, 4.69) is 4.90 Å². The van der Waals surface area contributed by atoms with Crippen molar-refractivity contribution < 1.29 is 14.2 Å². The molecule has 0 fully saturated rings. The summed E-state index contributed by atoms with van der Waals surface area (Å²) < 4.78 is 19.8. The molecule has 0 unspecified atom stereocenters. The van der Waals surface area contributed by atoms with E-state index in [9.17, 15) is 0 Å². The zero-order valence-corrected chi connectivity index (χ0v) is 26.0. The first-order valence-electron chi connectivity index (χ1n) is 15.0. The highest BCUT2D eigenvalue weighted by atomic mass is 16.5. The molecule has 6 rings (SSSR count). The van der Waals surface area contributed by atoms with E-state index < -0.39 is 0 Å². The lowest BCUT2D eigenvalue weighted by Gasteiger charge is -2.30. The first kappa shape index (κ1) is 30.0. The molecule has 0 amide bonds. The fourth-order valence-corrected chi connectivity index (χ4v) is 5.11.